The van der Waals surface area contributed by atoms with Crippen LogP contribution in [-0.2, 0) is 20.2 Å². The van der Waals surface area contributed by atoms with Gasteiger partial charge < -0.3 is 14.4 Å². The maximum absolute atomic E-state index is 13.1. The van der Waals surface area contributed by atoms with E-state index in [4.69, 9.17) is 0 Å². The number of hydrogen-bond acceptors (Lipinski definition) is 4. The van der Waals surface area contributed by atoms with E-state index < -0.39 is 21.9 Å². The van der Waals surface area contributed by atoms with Crippen LogP contribution < -0.4 is 0 Å². The molecule has 0 unspecified atom stereocenters. The number of sulfone groups is 1. The Morgan fingerprint density at radius 1 is 1.04 bits per heavy atom. The Hall–Kier alpha value is -1.83. The number of carbonyl (C=O) groups is 2. The van der Waals surface area contributed by atoms with E-state index in [1.807, 2.05) is 17.0 Å². The molecule has 2 aliphatic heterocycles. The molecule has 0 radical (unpaired) electrons. The molecule has 1 saturated carbocycles. The van der Waals surface area contributed by atoms with E-state index >= 15 is 0 Å². The molecule has 2 amide bonds. The zero-order valence-corrected chi connectivity index (χ0v) is 16.9. The van der Waals surface area contributed by atoms with Gasteiger partial charge in [-0.1, -0.05) is 0 Å². The van der Waals surface area contributed by atoms with Crippen molar-refractivity contribution in [2.45, 2.75) is 51.2 Å². The second-order valence-electron chi connectivity index (χ2n) is 8.99. The van der Waals surface area contributed by atoms with Crippen molar-refractivity contribution in [1.82, 2.24) is 14.4 Å². The van der Waals surface area contributed by atoms with Crippen molar-refractivity contribution in [3.8, 4) is 0 Å². The van der Waals surface area contributed by atoms with Crippen molar-refractivity contribution in [1.29, 1.82) is 0 Å². The summed E-state index contributed by atoms with van der Waals surface area (Å²) in [7, 11) is -3.26. The molecule has 3 fully saturated rings. The first-order chi connectivity index (χ1) is 12.6. The summed E-state index contributed by atoms with van der Waals surface area (Å²) in [6.45, 7) is 6.97. The maximum atomic E-state index is 13.1. The Balaban J connectivity index is 1.59. The average molecular weight is 394 g/mol. The normalized spacial score (nSPS) is 27.5. The van der Waals surface area contributed by atoms with Crippen LogP contribution in [0.4, 0.5) is 0 Å². The van der Waals surface area contributed by atoms with Gasteiger partial charge in [-0.05, 0) is 39.7 Å². The molecule has 2 saturated heterocycles. The molecule has 27 heavy (non-hydrogen) atoms. The van der Waals surface area contributed by atoms with Gasteiger partial charge in [0.25, 0.3) is 5.91 Å². The highest BCUT2D eigenvalue weighted by atomic mass is 32.2. The Kier molecular flexibility index (Phi) is 4.18. The molecule has 2 atom stereocenters. The summed E-state index contributed by atoms with van der Waals surface area (Å²) in [5.41, 5.74) is 0.433. The largest absolute Gasteiger partial charge is 0.348 e. The summed E-state index contributed by atoms with van der Waals surface area (Å²) < 4.78 is 26.6. The smallest absolute Gasteiger partial charge is 0.255 e. The van der Waals surface area contributed by atoms with Crippen molar-refractivity contribution in [3.05, 3.63) is 24.0 Å². The topological polar surface area (TPSA) is 79.7 Å². The third-order valence-corrected chi connectivity index (χ3v) is 7.56. The van der Waals surface area contributed by atoms with Gasteiger partial charge in [0.05, 0.1) is 29.2 Å². The van der Waals surface area contributed by atoms with E-state index in [1.54, 1.807) is 15.9 Å². The number of carbonyl (C=O) groups excluding carboxylic acids is 2. The fourth-order valence-corrected chi connectivity index (χ4v) is 6.13. The van der Waals surface area contributed by atoms with Crippen LogP contribution in [0.2, 0.25) is 0 Å². The predicted molar refractivity (Wildman–Crippen MR) is 101 cm³/mol. The molecule has 0 bridgehead atoms. The van der Waals surface area contributed by atoms with Crippen LogP contribution in [0.3, 0.4) is 0 Å². The van der Waals surface area contributed by atoms with Crippen molar-refractivity contribution in [2.75, 3.05) is 24.6 Å². The number of nitrogens with zero attached hydrogens (tertiary/aromatic N) is 3. The third-order valence-electron chi connectivity index (χ3n) is 5.86. The summed E-state index contributed by atoms with van der Waals surface area (Å²) in [5, 5.41) is 0. The molecule has 3 heterocycles. The van der Waals surface area contributed by atoms with Gasteiger partial charge in [0.1, 0.15) is 0 Å². The first-order valence-corrected chi connectivity index (χ1v) is 11.4. The van der Waals surface area contributed by atoms with Gasteiger partial charge in [0.15, 0.2) is 9.84 Å². The fourth-order valence-electron chi connectivity index (χ4n) is 4.15. The van der Waals surface area contributed by atoms with Crippen LogP contribution in [0, 0.1) is 5.92 Å². The highest BCUT2D eigenvalue weighted by Gasteiger charge is 2.51. The first-order valence-electron chi connectivity index (χ1n) is 9.57. The van der Waals surface area contributed by atoms with Crippen molar-refractivity contribution < 1.29 is 18.0 Å². The second kappa shape index (κ2) is 6.09. The Morgan fingerprint density at radius 3 is 2.19 bits per heavy atom. The molecule has 0 N–H and O–H groups in total. The highest BCUT2D eigenvalue weighted by molar-refractivity contribution is 7.91. The molecule has 7 nitrogen and oxygen atoms in total. The van der Waals surface area contributed by atoms with Crippen LogP contribution in [0.15, 0.2) is 18.5 Å². The highest BCUT2D eigenvalue weighted by Crippen LogP contribution is 2.35. The molecular weight excluding hydrogens is 366 g/mol. The van der Waals surface area contributed by atoms with Crippen LogP contribution >= 0.6 is 0 Å². The van der Waals surface area contributed by atoms with E-state index in [-0.39, 0.29) is 34.8 Å². The van der Waals surface area contributed by atoms with E-state index in [1.165, 1.54) is 0 Å². The second-order valence-corrected chi connectivity index (χ2v) is 11.1. The summed E-state index contributed by atoms with van der Waals surface area (Å²) in [4.78, 5) is 29.1. The average Bonchev–Trinajstić information content (AvgIpc) is 3.18. The molecule has 0 spiro atoms. The number of aromatic nitrogens is 1. The molecule has 1 aromatic heterocycles. The fraction of sp³-hybridized carbons (Fsp3) is 0.684. The first kappa shape index (κ1) is 18.5. The minimum Gasteiger partial charge on any atom is -0.348 e. The van der Waals surface area contributed by atoms with Gasteiger partial charge in [0, 0.05) is 36.9 Å². The zero-order chi connectivity index (χ0) is 19.6. The molecule has 0 aromatic carbocycles. The number of amides is 2. The standard InChI is InChI=1S/C19H27N3O4S/c1-19(2,3)20-7-6-14(10-20)18(24)22-9-8-21(17(23)13-4-5-13)15-11-27(25,26)12-16(15)22/h6-7,10,13,15-16H,4-5,8-9,11-12H2,1-3H3/t15-,16+/m1/s1. The summed E-state index contributed by atoms with van der Waals surface area (Å²) in [5.74, 6) is -0.130. The van der Waals surface area contributed by atoms with Gasteiger partial charge in [-0.2, -0.15) is 0 Å². The van der Waals surface area contributed by atoms with Gasteiger partial charge in [-0.15, -0.1) is 0 Å². The van der Waals surface area contributed by atoms with Crippen LogP contribution in [0.5, 0.6) is 0 Å². The molecule has 148 valence electrons. The summed E-state index contributed by atoms with van der Waals surface area (Å²) in [6.07, 6.45) is 5.48. The van der Waals surface area contributed by atoms with E-state index in [9.17, 15) is 18.0 Å². The molecule has 1 aromatic rings. The Morgan fingerprint density at radius 2 is 1.63 bits per heavy atom. The van der Waals surface area contributed by atoms with Crippen molar-refractivity contribution >= 4 is 21.7 Å². The van der Waals surface area contributed by atoms with Crippen LogP contribution in [0.25, 0.3) is 0 Å². The molecule has 4 rings (SSSR count). The lowest BCUT2D eigenvalue weighted by atomic mass is 10.0. The molecular formula is C19H27N3O4S. The van der Waals surface area contributed by atoms with Crippen LogP contribution in [0.1, 0.15) is 44.0 Å². The predicted octanol–water partition coefficient (Wildman–Crippen LogP) is 1.10. The minimum atomic E-state index is -3.26. The Labute approximate surface area is 160 Å². The van der Waals surface area contributed by atoms with E-state index in [2.05, 4.69) is 20.8 Å². The lowest BCUT2D eigenvalue weighted by Crippen LogP contribution is -2.62. The van der Waals surface area contributed by atoms with E-state index in [0.717, 1.165) is 12.8 Å². The van der Waals surface area contributed by atoms with Gasteiger partial charge in [-0.25, -0.2) is 8.42 Å². The monoisotopic (exact) mass is 393 g/mol. The maximum Gasteiger partial charge on any atom is 0.255 e. The number of rotatable bonds is 2. The van der Waals surface area contributed by atoms with Crippen LogP contribution in [-0.4, -0.2) is 71.3 Å². The summed E-state index contributed by atoms with van der Waals surface area (Å²) in [6, 6.07) is 0.927. The SMILES string of the molecule is CC(C)(C)n1ccc(C(=O)N2CCN(C(=O)C3CC3)[C@@H]3CS(=O)(=O)C[C@@H]32)c1. The van der Waals surface area contributed by atoms with Gasteiger partial charge in [-0.3, -0.25) is 9.59 Å². The van der Waals surface area contributed by atoms with Crippen molar-refractivity contribution in [3.63, 3.8) is 0 Å². The van der Waals surface area contributed by atoms with E-state index in [0.29, 0.717) is 18.7 Å². The number of hydrogen-bond donors (Lipinski definition) is 0. The number of piperazine rings is 1. The summed E-state index contributed by atoms with van der Waals surface area (Å²) >= 11 is 0. The van der Waals surface area contributed by atoms with Gasteiger partial charge in [0.2, 0.25) is 5.91 Å². The molecule has 3 aliphatic rings. The number of fused-ring (bicyclic) bond motifs is 1. The minimum absolute atomic E-state index is 0.0388. The lowest BCUT2D eigenvalue weighted by molar-refractivity contribution is -0.137. The molecule has 1 aliphatic carbocycles. The van der Waals surface area contributed by atoms with Gasteiger partial charge >= 0.3 is 0 Å². The zero-order valence-electron chi connectivity index (χ0n) is 16.1. The quantitative estimate of drug-likeness (QED) is 0.754. The molecule has 8 heteroatoms. The Bertz CT molecular complexity index is 879. The third kappa shape index (κ3) is 3.39. The van der Waals surface area contributed by atoms with Crippen molar-refractivity contribution in [2.24, 2.45) is 5.92 Å². The lowest BCUT2D eigenvalue weighted by Gasteiger charge is -2.44.